The van der Waals surface area contributed by atoms with E-state index in [1.165, 1.54) is 0 Å². The molecule has 8 heteroatoms. The average molecular weight is 467 g/mol. The van der Waals surface area contributed by atoms with Gasteiger partial charge in [-0.15, -0.1) is 0 Å². The van der Waals surface area contributed by atoms with E-state index in [2.05, 4.69) is 31.6 Å². The molecule has 0 saturated heterocycles. The second-order valence-electron chi connectivity index (χ2n) is 6.41. The number of benzene rings is 2. The van der Waals surface area contributed by atoms with Crippen molar-refractivity contribution in [1.82, 2.24) is 10.6 Å². The number of fused-ring (bicyclic) bond motifs is 1. The molecule has 30 heavy (non-hydrogen) atoms. The summed E-state index contributed by atoms with van der Waals surface area (Å²) in [6.07, 6.45) is 0.629. The third-order valence-electron chi connectivity index (χ3n) is 4.37. The van der Waals surface area contributed by atoms with Crippen LogP contribution in [0.4, 0.5) is 0 Å². The van der Waals surface area contributed by atoms with E-state index >= 15 is 0 Å². The van der Waals surface area contributed by atoms with E-state index in [0.29, 0.717) is 42.1 Å². The topological polar surface area (TPSA) is 104 Å². The van der Waals surface area contributed by atoms with Crippen LogP contribution in [0.25, 0.3) is 5.70 Å². The summed E-state index contributed by atoms with van der Waals surface area (Å²) >= 11 is 3.35. The average Bonchev–Trinajstić information content (AvgIpc) is 3.10. The standard InChI is InChI=1S/C22H19BrN4O3/c1-30-11-5-10-25-22(29)18(13-24)19-16-8-2-3-9-17(16)20(26-19)27-21(28)14-6-4-7-15(23)12-14/h2-4,6-9,12H,5,10-11H2,1H3,(H,25,29)(H,26,27,28)/b19-18-. The number of nitrogens with one attached hydrogen (secondary N) is 2. The van der Waals surface area contributed by atoms with Gasteiger partial charge in [0.25, 0.3) is 11.8 Å². The molecule has 2 aromatic rings. The molecule has 0 bridgehead atoms. The number of hydrogen-bond acceptors (Lipinski definition) is 5. The Labute approximate surface area is 182 Å². The predicted molar refractivity (Wildman–Crippen MR) is 117 cm³/mol. The first kappa shape index (κ1) is 21.4. The van der Waals surface area contributed by atoms with Gasteiger partial charge < -0.3 is 15.4 Å². The number of carbonyl (C=O) groups excluding carboxylic acids is 2. The van der Waals surface area contributed by atoms with E-state index < -0.39 is 5.91 Å². The van der Waals surface area contributed by atoms with Crippen LogP contribution in [0.1, 0.15) is 27.9 Å². The lowest BCUT2D eigenvalue weighted by atomic mass is 10.0. The molecule has 0 unspecified atom stereocenters. The van der Waals surface area contributed by atoms with Gasteiger partial charge in [-0.2, -0.15) is 5.26 Å². The van der Waals surface area contributed by atoms with Crippen molar-refractivity contribution in [3.8, 4) is 6.07 Å². The van der Waals surface area contributed by atoms with Gasteiger partial charge in [0.1, 0.15) is 17.5 Å². The van der Waals surface area contributed by atoms with Crippen LogP contribution in [0.5, 0.6) is 0 Å². The minimum absolute atomic E-state index is 0.105. The lowest BCUT2D eigenvalue weighted by molar-refractivity contribution is -0.117. The summed E-state index contributed by atoms with van der Waals surface area (Å²) in [6.45, 7) is 0.883. The predicted octanol–water partition coefficient (Wildman–Crippen LogP) is 3.03. The Hall–Kier alpha value is -3.28. The number of ether oxygens (including phenoxy) is 1. The third kappa shape index (κ3) is 4.82. The van der Waals surface area contributed by atoms with E-state index in [0.717, 1.165) is 4.47 Å². The summed E-state index contributed by atoms with van der Waals surface area (Å²) in [6, 6.07) is 16.1. The lowest BCUT2D eigenvalue weighted by Gasteiger charge is -2.06. The van der Waals surface area contributed by atoms with Crippen molar-refractivity contribution in [1.29, 1.82) is 5.26 Å². The van der Waals surface area contributed by atoms with Gasteiger partial charge in [-0.25, -0.2) is 4.99 Å². The number of carbonyl (C=O) groups is 2. The number of halogens is 1. The van der Waals surface area contributed by atoms with E-state index in [9.17, 15) is 14.9 Å². The lowest BCUT2D eigenvalue weighted by Crippen LogP contribution is -2.30. The molecule has 0 fully saturated rings. The number of hydrogen-bond donors (Lipinski definition) is 2. The monoisotopic (exact) mass is 466 g/mol. The molecule has 0 aromatic heterocycles. The Balaban J connectivity index is 1.91. The Morgan fingerprint density at radius 2 is 1.93 bits per heavy atom. The number of nitrogens with zero attached hydrogens (tertiary/aromatic N) is 2. The molecular formula is C22H19BrN4O3. The molecule has 2 amide bonds. The summed E-state index contributed by atoms with van der Waals surface area (Å²) in [7, 11) is 1.58. The van der Waals surface area contributed by atoms with Crippen molar-refractivity contribution in [3.05, 3.63) is 75.3 Å². The van der Waals surface area contributed by atoms with Crippen molar-refractivity contribution in [2.24, 2.45) is 4.99 Å². The number of rotatable bonds is 6. The van der Waals surface area contributed by atoms with E-state index in [4.69, 9.17) is 4.74 Å². The summed E-state index contributed by atoms with van der Waals surface area (Å²) in [4.78, 5) is 29.6. The first-order chi connectivity index (χ1) is 14.5. The molecule has 0 atom stereocenters. The zero-order chi connectivity index (χ0) is 21.5. The Morgan fingerprint density at radius 3 is 2.63 bits per heavy atom. The first-order valence-electron chi connectivity index (χ1n) is 9.22. The van der Waals surface area contributed by atoms with Crippen molar-refractivity contribution in [2.75, 3.05) is 20.3 Å². The maximum Gasteiger partial charge on any atom is 0.264 e. The van der Waals surface area contributed by atoms with Crippen LogP contribution < -0.4 is 10.6 Å². The van der Waals surface area contributed by atoms with Gasteiger partial charge in [0.05, 0.1) is 5.70 Å². The van der Waals surface area contributed by atoms with Crippen molar-refractivity contribution in [2.45, 2.75) is 6.42 Å². The van der Waals surface area contributed by atoms with Crippen LogP contribution in [0.2, 0.25) is 0 Å². The van der Waals surface area contributed by atoms with Crippen LogP contribution in [0.15, 0.2) is 63.6 Å². The van der Waals surface area contributed by atoms with Gasteiger partial charge in [0, 0.05) is 41.4 Å². The van der Waals surface area contributed by atoms with Crippen LogP contribution in [0, 0.1) is 11.3 Å². The molecule has 7 nitrogen and oxygen atoms in total. The zero-order valence-corrected chi connectivity index (χ0v) is 17.8. The second-order valence-corrected chi connectivity index (χ2v) is 7.32. The summed E-state index contributed by atoms with van der Waals surface area (Å²) in [5, 5.41) is 15.1. The largest absolute Gasteiger partial charge is 0.385 e. The molecule has 0 radical (unpaired) electrons. The summed E-state index contributed by atoms with van der Waals surface area (Å²) in [5.74, 6) is -0.555. The number of amides is 2. The van der Waals surface area contributed by atoms with Crippen molar-refractivity contribution < 1.29 is 14.3 Å². The Kier molecular flexibility index (Phi) is 7.12. The SMILES string of the molecule is COCCCNC(=O)/C(C#N)=C1\N=C(NC(=O)c2cccc(Br)c2)c2ccccc21. The third-order valence-corrected chi connectivity index (χ3v) is 4.86. The number of amidine groups is 1. The molecule has 0 saturated carbocycles. The van der Waals surface area contributed by atoms with Gasteiger partial charge in [0.2, 0.25) is 0 Å². The summed E-state index contributed by atoms with van der Waals surface area (Å²) in [5.41, 5.74) is 1.85. The molecule has 3 rings (SSSR count). The Morgan fingerprint density at radius 1 is 1.17 bits per heavy atom. The number of aliphatic imine (C=N–C) groups is 1. The second kappa shape index (κ2) is 9.96. The highest BCUT2D eigenvalue weighted by atomic mass is 79.9. The van der Waals surface area contributed by atoms with Gasteiger partial charge in [-0.3, -0.25) is 9.59 Å². The van der Waals surface area contributed by atoms with Crippen LogP contribution in [-0.4, -0.2) is 37.9 Å². The maximum absolute atomic E-state index is 12.7. The minimum atomic E-state index is -0.512. The Bertz CT molecular complexity index is 1090. The molecule has 152 valence electrons. The number of methoxy groups -OCH3 is 1. The molecule has 2 N–H and O–H groups in total. The van der Waals surface area contributed by atoms with Crippen molar-refractivity contribution in [3.63, 3.8) is 0 Å². The van der Waals surface area contributed by atoms with Crippen LogP contribution in [0.3, 0.4) is 0 Å². The zero-order valence-electron chi connectivity index (χ0n) is 16.2. The fourth-order valence-corrected chi connectivity index (χ4v) is 3.34. The smallest absolute Gasteiger partial charge is 0.264 e. The molecule has 1 heterocycles. The molecule has 0 spiro atoms. The number of nitriles is 1. The van der Waals surface area contributed by atoms with E-state index in [1.54, 1.807) is 49.6 Å². The van der Waals surface area contributed by atoms with Gasteiger partial charge >= 0.3 is 0 Å². The van der Waals surface area contributed by atoms with E-state index in [-0.39, 0.29) is 17.2 Å². The van der Waals surface area contributed by atoms with Gasteiger partial charge in [-0.05, 0) is 24.6 Å². The highest BCUT2D eigenvalue weighted by molar-refractivity contribution is 9.10. The minimum Gasteiger partial charge on any atom is -0.385 e. The van der Waals surface area contributed by atoms with Crippen LogP contribution >= 0.6 is 15.9 Å². The van der Waals surface area contributed by atoms with E-state index in [1.807, 2.05) is 12.1 Å². The molecule has 0 aliphatic carbocycles. The highest BCUT2D eigenvalue weighted by Gasteiger charge is 2.27. The quantitative estimate of drug-likeness (QED) is 0.387. The molecule has 2 aromatic carbocycles. The fraction of sp³-hybridized carbons (Fsp3) is 0.182. The summed E-state index contributed by atoms with van der Waals surface area (Å²) < 4.78 is 5.74. The van der Waals surface area contributed by atoms with Crippen LogP contribution in [-0.2, 0) is 9.53 Å². The van der Waals surface area contributed by atoms with Crippen molar-refractivity contribution >= 4 is 39.3 Å². The van der Waals surface area contributed by atoms with Gasteiger partial charge in [-0.1, -0.05) is 46.3 Å². The maximum atomic E-state index is 12.7. The van der Waals surface area contributed by atoms with Gasteiger partial charge in [0.15, 0.2) is 0 Å². The molecular weight excluding hydrogens is 448 g/mol. The molecule has 1 aliphatic heterocycles. The fourth-order valence-electron chi connectivity index (χ4n) is 2.94. The first-order valence-corrected chi connectivity index (χ1v) is 10.0. The molecule has 1 aliphatic rings. The normalized spacial score (nSPS) is 13.7. The highest BCUT2D eigenvalue weighted by Crippen LogP contribution is 2.30.